The average Bonchev–Trinajstić information content (AvgIpc) is 3.10. The molecule has 2 rings (SSSR count). The lowest BCUT2D eigenvalue weighted by Gasteiger charge is -2.11. The van der Waals surface area contributed by atoms with Crippen molar-refractivity contribution in [3.8, 4) is 0 Å². The first-order valence-electron chi connectivity index (χ1n) is 6.54. The van der Waals surface area contributed by atoms with Gasteiger partial charge in [0.2, 0.25) is 0 Å². The molecule has 19 heavy (non-hydrogen) atoms. The van der Waals surface area contributed by atoms with E-state index in [1.807, 2.05) is 6.08 Å². The molecule has 2 unspecified atom stereocenters. The van der Waals surface area contributed by atoms with Gasteiger partial charge in [-0.1, -0.05) is 19.1 Å². The molecule has 0 amide bonds. The number of epoxide rings is 1. The van der Waals surface area contributed by atoms with Gasteiger partial charge in [0, 0.05) is 17.1 Å². The van der Waals surface area contributed by atoms with E-state index in [0.717, 1.165) is 12.8 Å². The van der Waals surface area contributed by atoms with Gasteiger partial charge in [0.15, 0.2) is 0 Å². The number of aliphatic carboxylic acids is 1. The lowest BCUT2D eigenvalue weighted by molar-refractivity contribution is -0.140. The van der Waals surface area contributed by atoms with E-state index in [4.69, 9.17) is 14.6 Å². The topological polar surface area (TPSA) is 76.1 Å². The van der Waals surface area contributed by atoms with Gasteiger partial charge in [0.1, 0.15) is 12.7 Å². The molecule has 1 fully saturated rings. The van der Waals surface area contributed by atoms with Crippen molar-refractivity contribution in [3.63, 3.8) is 0 Å². The number of carboxylic acid groups (broad SMARTS) is 1. The van der Waals surface area contributed by atoms with E-state index in [1.165, 1.54) is 0 Å². The summed E-state index contributed by atoms with van der Waals surface area (Å²) in [5.74, 6) is -1.41. The number of carboxylic acids is 1. The second-order valence-electron chi connectivity index (χ2n) is 4.75. The van der Waals surface area contributed by atoms with Crippen molar-refractivity contribution in [1.29, 1.82) is 0 Å². The van der Waals surface area contributed by atoms with Gasteiger partial charge >= 0.3 is 11.9 Å². The number of esters is 1. The number of allylic oxidation sites excluding steroid dienone is 2. The van der Waals surface area contributed by atoms with Crippen molar-refractivity contribution in [2.45, 2.75) is 32.3 Å². The number of rotatable bonds is 6. The molecule has 0 aromatic heterocycles. The smallest absolute Gasteiger partial charge is 0.334 e. The third-order valence-corrected chi connectivity index (χ3v) is 3.34. The zero-order valence-electron chi connectivity index (χ0n) is 10.9. The van der Waals surface area contributed by atoms with Gasteiger partial charge < -0.3 is 14.6 Å². The average molecular weight is 266 g/mol. The van der Waals surface area contributed by atoms with Gasteiger partial charge in [-0.15, -0.1) is 0 Å². The number of hydrogen-bond acceptors (Lipinski definition) is 4. The van der Waals surface area contributed by atoms with Gasteiger partial charge in [0.05, 0.1) is 6.61 Å². The van der Waals surface area contributed by atoms with Crippen LogP contribution in [0.1, 0.15) is 26.2 Å². The predicted octanol–water partition coefficient (Wildman–Crippen LogP) is 1.69. The van der Waals surface area contributed by atoms with Crippen molar-refractivity contribution in [2.24, 2.45) is 5.92 Å². The Balaban J connectivity index is 1.98. The van der Waals surface area contributed by atoms with Crippen LogP contribution in [0.4, 0.5) is 0 Å². The summed E-state index contributed by atoms with van der Waals surface area (Å²) >= 11 is 0. The lowest BCUT2D eigenvalue weighted by atomic mass is 9.97. The maximum absolute atomic E-state index is 11.9. The minimum atomic E-state index is -0.923. The zero-order valence-corrected chi connectivity index (χ0v) is 10.9. The Kier molecular flexibility index (Phi) is 4.37. The summed E-state index contributed by atoms with van der Waals surface area (Å²) in [6, 6.07) is 0. The van der Waals surface area contributed by atoms with Gasteiger partial charge in [-0.3, -0.25) is 0 Å². The van der Waals surface area contributed by atoms with Crippen LogP contribution in [0.25, 0.3) is 0 Å². The van der Waals surface area contributed by atoms with Gasteiger partial charge in [-0.2, -0.15) is 0 Å². The molecule has 0 radical (unpaired) electrons. The Labute approximate surface area is 111 Å². The van der Waals surface area contributed by atoms with Crippen LogP contribution in [-0.4, -0.2) is 36.4 Å². The summed E-state index contributed by atoms with van der Waals surface area (Å²) in [6.07, 6.45) is 5.56. The predicted molar refractivity (Wildman–Crippen MR) is 67.5 cm³/mol. The highest BCUT2D eigenvalue weighted by atomic mass is 16.6. The first-order valence-corrected chi connectivity index (χ1v) is 6.54. The molecule has 1 aliphatic carbocycles. The number of carbonyl (C=O) groups excluding carboxylic acids is 1. The molecule has 0 bridgehead atoms. The molecule has 1 heterocycles. The summed E-state index contributed by atoms with van der Waals surface area (Å²) in [5, 5.41) is 9.02. The van der Waals surface area contributed by atoms with Crippen molar-refractivity contribution in [1.82, 2.24) is 0 Å². The molecule has 2 atom stereocenters. The minimum Gasteiger partial charge on any atom is -0.478 e. The maximum Gasteiger partial charge on any atom is 0.334 e. The normalized spacial score (nSPS) is 25.9. The largest absolute Gasteiger partial charge is 0.478 e. The Hall–Kier alpha value is -1.62. The highest BCUT2D eigenvalue weighted by molar-refractivity contribution is 5.91. The summed E-state index contributed by atoms with van der Waals surface area (Å²) in [5.41, 5.74) is 0.920. The molecular formula is C14H18O5. The Morgan fingerprint density at radius 2 is 2.32 bits per heavy atom. The van der Waals surface area contributed by atoms with Crippen LogP contribution in [0, 0.1) is 5.92 Å². The van der Waals surface area contributed by atoms with Crippen LogP contribution in [-0.2, 0) is 19.1 Å². The van der Waals surface area contributed by atoms with Crippen LogP contribution < -0.4 is 0 Å². The molecule has 1 N–H and O–H groups in total. The molecule has 0 spiro atoms. The molecule has 1 aliphatic heterocycles. The summed E-state index contributed by atoms with van der Waals surface area (Å²) < 4.78 is 10.1. The summed E-state index contributed by atoms with van der Waals surface area (Å²) in [7, 11) is 0. The van der Waals surface area contributed by atoms with E-state index in [0.29, 0.717) is 24.2 Å². The van der Waals surface area contributed by atoms with Crippen molar-refractivity contribution in [2.75, 3.05) is 13.2 Å². The monoisotopic (exact) mass is 266 g/mol. The first-order chi connectivity index (χ1) is 9.11. The fourth-order valence-electron chi connectivity index (χ4n) is 2.13. The molecule has 1 saturated heterocycles. The highest BCUT2D eigenvalue weighted by Crippen LogP contribution is 2.29. The molecular weight excluding hydrogens is 248 g/mol. The zero-order chi connectivity index (χ0) is 13.8. The second kappa shape index (κ2) is 6.02. The molecule has 0 aromatic rings. The molecule has 0 saturated carbocycles. The van der Waals surface area contributed by atoms with Crippen LogP contribution in [0.15, 0.2) is 23.3 Å². The quantitative estimate of drug-likeness (QED) is 0.450. The SMILES string of the molecule is CCC(=CC1CCC=C1C(=O)OCC1CO1)C(=O)O. The van der Waals surface area contributed by atoms with Crippen LogP contribution in [0.5, 0.6) is 0 Å². The Morgan fingerprint density at radius 3 is 2.89 bits per heavy atom. The molecule has 5 nitrogen and oxygen atoms in total. The van der Waals surface area contributed by atoms with E-state index in [9.17, 15) is 9.59 Å². The summed E-state index contributed by atoms with van der Waals surface area (Å²) in [6.45, 7) is 2.72. The van der Waals surface area contributed by atoms with E-state index in [1.54, 1.807) is 13.0 Å². The number of hydrogen-bond donors (Lipinski definition) is 1. The molecule has 5 heteroatoms. The minimum absolute atomic E-state index is 0.0465. The van der Waals surface area contributed by atoms with Gasteiger partial charge in [-0.05, 0) is 19.3 Å². The van der Waals surface area contributed by atoms with Crippen LogP contribution in [0.2, 0.25) is 0 Å². The maximum atomic E-state index is 11.9. The molecule has 2 aliphatic rings. The second-order valence-corrected chi connectivity index (χ2v) is 4.75. The van der Waals surface area contributed by atoms with Crippen molar-refractivity contribution >= 4 is 11.9 Å². The van der Waals surface area contributed by atoms with E-state index in [2.05, 4.69) is 0 Å². The molecule has 104 valence electrons. The van der Waals surface area contributed by atoms with Crippen LogP contribution in [0.3, 0.4) is 0 Å². The first kappa shape index (κ1) is 13.8. The Bertz CT molecular complexity index is 431. The van der Waals surface area contributed by atoms with Gasteiger partial charge in [0.25, 0.3) is 0 Å². The Morgan fingerprint density at radius 1 is 1.58 bits per heavy atom. The number of carbonyl (C=O) groups is 2. The third kappa shape index (κ3) is 3.67. The third-order valence-electron chi connectivity index (χ3n) is 3.34. The van der Waals surface area contributed by atoms with Crippen molar-refractivity contribution in [3.05, 3.63) is 23.3 Å². The fourth-order valence-corrected chi connectivity index (χ4v) is 2.13. The highest BCUT2D eigenvalue weighted by Gasteiger charge is 2.29. The summed E-state index contributed by atoms with van der Waals surface area (Å²) in [4.78, 5) is 22.9. The standard InChI is InChI=1S/C14H18O5/c1-2-9(13(15)16)6-10-4-3-5-12(10)14(17)19-8-11-7-18-11/h5-6,10-11H,2-4,7-8H2,1H3,(H,15,16). The van der Waals surface area contributed by atoms with E-state index in [-0.39, 0.29) is 24.6 Å². The van der Waals surface area contributed by atoms with Crippen LogP contribution >= 0.6 is 0 Å². The van der Waals surface area contributed by atoms with E-state index >= 15 is 0 Å². The van der Waals surface area contributed by atoms with Gasteiger partial charge in [-0.25, -0.2) is 9.59 Å². The van der Waals surface area contributed by atoms with E-state index < -0.39 is 5.97 Å². The molecule has 0 aromatic carbocycles. The lowest BCUT2D eigenvalue weighted by Crippen LogP contribution is -2.16. The fraction of sp³-hybridized carbons (Fsp3) is 0.571. The van der Waals surface area contributed by atoms with Crippen molar-refractivity contribution < 1.29 is 24.2 Å². The number of ether oxygens (including phenoxy) is 2.